The standard InChI is InChI=1S/C13H8Cl2N4O/c1-7-5-6-8-3-2-4-9(10(8)16-7)20-12-11(14)18-19-13(15)17-12/h2-6H,1H3. The molecule has 0 aliphatic rings. The fourth-order valence-electron chi connectivity index (χ4n) is 1.75. The van der Waals surface area contributed by atoms with Crippen LogP contribution in [0.2, 0.25) is 10.4 Å². The summed E-state index contributed by atoms with van der Waals surface area (Å²) < 4.78 is 5.67. The number of benzene rings is 1. The van der Waals surface area contributed by atoms with Gasteiger partial charge in [0.2, 0.25) is 10.4 Å². The summed E-state index contributed by atoms with van der Waals surface area (Å²) >= 11 is 11.6. The molecule has 0 radical (unpaired) electrons. The summed E-state index contributed by atoms with van der Waals surface area (Å²) in [5.41, 5.74) is 1.61. The summed E-state index contributed by atoms with van der Waals surface area (Å²) in [6.07, 6.45) is 0. The number of hydrogen-bond donors (Lipinski definition) is 0. The minimum Gasteiger partial charge on any atom is -0.434 e. The number of hydrogen-bond acceptors (Lipinski definition) is 5. The van der Waals surface area contributed by atoms with Crippen molar-refractivity contribution in [2.75, 3.05) is 0 Å². The van der Waals surface area contributed by atoms with E-state index in [-0.39, 0.29) is 16.3 Å². The highest BCUT2D eigenvalue weighted by Crippen LogP contribution is 2.30. The van der Waals surface area contributed by atoms with Gasteiger partial charge in [-0.05, 0) is 30.7 Å². The molecule has 0 saturated heterocycles. The zero-order valence-corrected chi connectivity index (χ0v) is 11.9. The molecule has 0 fully saturated rings. The molecule has 0 spiro atoms. The Morgan fingerprint density at radius 1 is 1.00 bits per heavy atom. The monoisotopic (exact) mass is 306 g/mol. The molecular weight excluding hydrogens is 299 g/mol. The van der Waals surface area contributed by atoms with Gasteiger partial charge in [0.05, 0.1) is 0 Å². The van der Waals surface area contributed by atoms with E-state index in [2.05, 4.69) is 20.2 Å². The van der Waals surface area contributed by atoms with Gasteiger partial charge in [-0.3, -0.25) is 0 Å². The minimum absolute atomic E-state index is 0.0335. The first-order valence-corrected chi connectivity index (χ1v) is 6.49. The predicted molar refractivity (Wildman–Crippen MR) is 76.4 cm³/mol. The summed E-state index contributed by atoms with van der Waals surface area (Å²) in [4.78, 5) is 8.37. The number of aryl methyl sites for hydroxylation is 1. The van der Waals surface area contributed by atoms with Crippen LogP contribution in [0.15, 0.2) is 30.3 Å². The molecule has 1 aromatic carbocycles. The van der Waals surface area contributed by atoms with Gasteiger partial charge in [0, 0.05) is 11.1 Å². The van der Waals surface area contributed by atoms with Crippen molar-refractivity contribution < 1.29 is 4.74 Å². The maximum Gasteiger partial charge on any atom is 0.262 e. The number of aromatic nitrogens is 4. The van der Waals surface area contributed by atoms with E-state index in [1.165, 1.54) is 0 Å². The highest BCUT2D eigenvalue weighted by Gasteiger charge is 2.11. The van der Waals surface area contributed by atoms with Crippen LogP contribution in [0.3, 0.4) is 0 Å². The molecule has 5 nitrogen and oxygen atoms in total. The largest absolute Gasteiger partial charge is 0.434 e. The van der Waals surface area contributed by atoms with Crippen molar-refractivity contribution >= 4 is 34.1 Å². The van der Waals surface area contributed by atoms with Crippen molar-refractivity contribution in [1.82, 2.24) is 20.2 Å². The van der Waals surface area contributed by atoms with Crippen LogP contribution in [0.4, 0.5) is 0 Å². The predicted octanol–water partition coefficient (Wildman–Crippen LogP) is 3.83. The SMILES string of the molecule is Cc1ccc2cccc(Oc3nc(Cl)nnc3Cl)c2n1. The van der Waals surface area contributed by atoms with Crippen molar-refractivity contribution in [2.24, 2.45) is 0 Å². The zero-order valence-electron chi connectivity index (χ0n) is 10.3. The molecule has 0 amide bonds. The van der Waals surface area contributed by atoms with E-state index in [4.69, 9.17) is 27.9 Å². The van der Waals surface area contributed by atoms with Gasteiger partial charge in [-0.1, -0.05) is 29.8 Å². The number of pyridine rings is 1. The highest BCUT2D eigenvalue weighted by atomic mass is 35.5. The summed E-state index contributed by atoms with van der Waals surface area (Å²) in [5.74, 6) is 0.632. The smallest absolute Gasteiger partial charge is 0.262 e. The van der Waals surface area contributed by atoms with Gasteiger partial charge in [0.1, 0.15) is 5.52 Å². The van der Waals surface area contributed by atoms with Gasteiger partial charge < -0.3 is 4.74 Å². The number of rotatable bonds is 2. The molecule has 0 N–H and O–H groups in total. The Bertz CT molecular complexity index is 794. The second-order valence-corrected chi connectivity index (χ2v) is 4.76. The van der Waals surface area contributed by atoms with E-state index < -0.39 is 0 Å². The lowest BCUT2D eigenvalue weighted by Gasteiger charge is -2.08. The van der Waals surface area contributed by atoms with Crippen molar-refractivity contribution in [3.05, 3.63) is 46.5 Å². The zero-order chi connectivity index (χ0) is 14.1. The quantitative estimate of drug-likeness (QED) is 0.720. The molecule has 7 heteroatoms. The Hall–Kier alpha value is -1.98. The van der Waals surface area contributed by atoms with E-state index >= 15 is 0 Å². The molecule has 0 unspecified atom stereocenters. The summed E-state index contributed by atoms with van der Waals surface area (Å²) in [6, 6.07) is 9.49. The Morgan fingerprint density at radius 2 is 1.85 bits per heavy atom. The molecule has 2 aromatic heterocycles. The van der Waals surface area contributed by atoms with Crippen LogP contribution in [0, 0.1) is 6.92 Å². The number of para-hydroxylation sites is 1. The van der Waals surface area contributed by atoms with E-state index in [1.54, 1.807) is 6.07 Å². The van der Waals surface area contributed by atoms with Gasteiger partial charge in [-0.25, -0.2) is 4.98 Å². The normalized spacial score (nSPS) is 10.8. The van der Waals surface area contributed by atoms with E-state index in [1.807, 2.05) is 31.2 Å². The molecule has 0 aliphatic carbocycles. The van der Waals surface area contributed by atoms with Crippen molar-refractivity contribution in [1.29, 1.82) is 0 Å². The van der Waals surface area contributed by atoms with Gasteiger partial charge in [0.15, 0.2) is 5.75 Å². The van der Waals surface area contributed by atoms with Crippen LogP contribution >= 0.6 is 23.2 Å². The van der Waals surface area contributed by atoms with E-state index in [0.717, 1.165) is 16.6 Å². The molecule has 20 heavy (non-hydrogen) atoms. The fraction of sp³-hybridized carbons (Fsp3) is 0.0769. The first kappa shape index (κ1) is 13.0. The third-order valence-corrected chi connectivity index (χ3v) is 3.02. The number of halogens is 2. The average molecular weight is 307 g/mol. The molecular formula is C13H8Cl2N4O. The maximum atomic E-state index is 5.89. The van der Waals surface area contributed by atoms with Gasteiger partial charge >= 0.3 is 0 Å². The lowest BCUT2D eigenvalue weighted by Crippen LogP contribution is -1.96. The van der Waals surface area contributed by atoms with Crippen molar-refractivity contribution in [3.63, 3.8) is 0 Å². The molecule has 3 aromatic rings. The first-order valence-electron chi connectivity index (χ1n) is 5.73. The van der Waals surface area contributed by atoms with Crippen LogP contribution in [0.25, 0.3) is 10.9 Å². The topological polar surface area (TPSA) is 60.8 Å². The van der Waals surface area contributed by atoms with Crippen molar-refractivity contribution in [3.8, 4) is 11.6 Å². The minimum atomic E-state index is -0.0335. The Balaban J connectivity index is 2.10. The van der Waals surface area contributed by atoms with Crippen LogP contribution < -0.4 is 4.74 Å². The fourth-order valence-corrected chi connectivity index (χ4v) is 1.98. The third kappa shape index (κ3) is 2.50. The number of nitrogens with zero attached hydrogens (tertiary/aromatic N) is 4. The van der Waals surface area contributed by atoms with Gasteiger partial charge in [-0.2, -0.15) is 4.98 Å². The van der Waals surface area contributed by atoms with Gasteiger partial charge in [0.25, 0.3) is 5.88 Å². The van der Waals surface area contributed by atoms with Crippen LogP contribution in [0.5, 0.6) is 11.6 Å². The first-order chi connectivity index (χ1) is 9.63. The Morgan fingerprint density at radius 3 is 2.70 bits per heavy atom. The molecule has 3 rings (SSSR count). The molecule has 100 valence electrons. The summed E-state index contributed by atoms with van der Waals surface area (Å²) in [5, 5.41) is 8.15. The maximum absolute atomic E-state index is 5.89. The molecule has 2 heterocycles. The van der Waals surface area contributed by atoms with E-state index in [0.29, 0.717) is 5.75 Å². The van der Waals surface area contributed by atoms with Crippen LogP contribution in [-0.2, 0) is 0 Å². The van der Waals surface area contributed by atoms with E-state index in [9.17, 15) is 0 Å². The molecule has 0 atom stereocenters. The second-order valence-electron chi connectivity index (χ2n) is 4.06. The van der Waals surface area contributed by atoms with Crippen LogP contribution in [0.1, 0.15) is 5.69 Å². The molecule has 0 aliphatic heterocycles. The average Bonchev–Trinajstić information content (AvgIpc) is 2.43. The molecule has 0 bridgehead atoms. The lowest BCUT2D eigenvalue weighted by molar-refractivity contribution is 0.461. The number of ether oxygens (including phenoxy) is 1. The third-order valence-electron chi connectivity index (χ3n) is 2.62. The van der Waals surface area contributed by atoms with Crippen LogP contribution in [-0.4, -0.2) is 20.2 Å². The molecule has 0 saturated carbocycles. The lowest BCUT2D eigenvalue weighted by atomic mass is 10.2. The van der Waals surface area contributed by atoms with Crippen molar-refractivity contribution in [2.45, 2.75) is 6.92 Å². The van der Waals surface area contributed by atoms with Gasteiger partial charge in [-0.15, -0.1) is 10.2 Å². The Kier molecular flexibility index (Phi) is 3.38. The second kappa shape index (κ2) is 5.19. The highest BCUT2D eigenvalue weighted by molar-refractivity contribution is 6.31. The number of fused-ring (bicyclic) bond motifs is 1. The summed E-state index contributed by atoms with van der Waals surface area (Å²) in [6.45, 7) is 1.91. The summed E-state index contributed by atoms with van der Waals surface area (Å²) in [7, 11) is 0. The Labute approximate surface area is 124 Å².